The highest BCUT2D eigenvalue weighted by molar-refractivity contribution is 6.08. The summed E-state index contributed by atoms with van der Waals surface area (Å²) in [4.78, 5) is 17.1. The van der Waals surface area contributed by atoms with Crippen LogP contribution in [0.2, 0.25) is 0 Å². The second kappa shape index (κ2) is 9.10. The number of alkyl halides is 3. The van der Waals surface area contributed by atoms with Crippen molar-refractivity contribution in [3.05, 3.63) is 35.9 Å². The highest BCUT2D eigenvalue weighted by atomic mass is 35.5. The molecule has 1 amide bonds. The van der Waals surface area contributed by atoms with Crippen LogP contribution in [0.5, 0.6) is 0 Å². The molecule has 1 unspecified atom stereocenters. The van der Waals surface area contributed by atoms with Crippen molar-refractivity contribution in [3.63, 3.8) is 0 Å². The highest BCUT2D eigenvalue weighted by Crippen LogP contribution is 2.33. The molecular weight excluding hydrogens is 437 g/mol. The van der Waals surface area contributed by atoms with Gasteiger partial charge in [-0.2, -0.15) is 23.4 Å². The zero-order valence-corrected chi connectivity index (χ0v) is 17.4. The number of halogens is 4. The molecule has 1 atom stereocenters. The summed E-state index contributed by atoms with van der Waals surface area (Å²) in [5.41, 5.74) is -1.27. The van der Waals surface area contributed by atoms with E-state index in [9.17, 15) is 18.0 Å². The van der Waals surface area contributed by atoms with Gasteiger partial charge in [0.25, 0.3) is 5.91 Å². The van der Waals surface area contributed by atoms with Crippen molar-refractivity contribution >= 4 is 35.5 Å². The van der Waals surface area contributed by atoms with Gasteiger partial charge in [-0.1, -0.05) is 6.42 Å². The Hall–Kier alpha value is -2.86. The van der Waals surface area contributed by atoms with Crippen molar-refractivity contribution < 1.29 is 18.0 Å². The number of nitrogens with one attached hydrogen (secondary N) is 3. The van der Waals surface area contributed by atoms with Crippen LogP contribution >= 0.6 is 12.4 Å². The Kier molecular flexibility index (Phi) is 6.70. The van der Waals surface area contributed by atoms with Crippen molar-refractivity contribution in [2.45, 2.75) is 31.5 Å². The number of hydrogen-bond acceptors (Lipinski definition) is 6. The second-order valence-corrected chi connectivity index (χ2v) is 7.20. The number of amides is 1. The van der Waals surface area contributed by atoms with E-state index in [-0.39, 0.29) is 29.7 Å². The van der Waals surface area contributed by atoms with Gasteiger partial charge in [0.15, 0.2) is 11.3 Å². The fourth-order valence-electron chi connectivity index (χ4n) is 3.44. The number of anilines is 2. The van der Waals surface area contributed by atoms with E-state index in [1.807, 2.05) is 0 Å². The predicted octanol–water partition coefficient (Wildman–Crippen LogP) is 2.71. The van der Waals surface area contributed by atoms with Crippen molar-refractivity contribution in [1.29, 1.82) is 0 Å². The van der Waals surface area contributed by atoms with E-state index in [1.54, 1.807) is 12.3 Å². The Balaban J connectivity index is 0.00000272. The molecule has 0 spiro atoms. The van der Waals surface area contributed by atoms with E-state index in [1.165, 1.54) is 17.8 Å². The number of nitrogens with zero attached hydrogens (tertiary/aromatic N) is 5. The summed E-state index contributed by atoms with van der Waals surface area (Å²) in [6.07, 6.45) is 2.55. The standard InChI is InChI=1S/C18H21F3N8O.ClH/c1-28-10-13(15(27-28)18(19,20)21)25-17(30)12-9-23-29-7-5-14(26-16(12)29)24-11-4-2-3-6-22-8-11;/h5,7,9-11,22H,2-4,6,8H2,1H3,(H,24,26)(H,25,30);1H. The summed E-state index contributed by atoms with van der Waals surface area (Å²) in [5.74, 6) is -0.174. The van der Waals surface area contributed by atoms with Gasteiger partial charge in [0.05, 0.1) is 11.9 Å². The molecule has 9 nitrogen and oxygen atoms in total. The molecular formula is C18H22ClF3N8O. The number of fused-ring (bicyclic) bond motifs is 1. The Morgan fingerprint density at radius 2 is 2.13 bits per heavy atom. The minimum absolute atomic E-state index is 0. The molecule has 168 valence electrons. The third kappa shape index (κ3) is 5.07. The van der Waals surface area contributed by atoms with Crippen LogP contribution in [0.3, 0.4) is 0 Å². The largest absolute Gasteiger partial charge is 0.437 e. The van der Waals surface area contributed by atoms with Crippen molar-refractivity contribution in [2.24, 2.45) is 7.05 Å². The Labute approximate surface area is 181 Å². The zero-order chi connectivity index (χ0) is 21.3. The number of aryl methyl sites for hydroxylation is 1. The molecule has 1 aliphatic heterocycles. The van der Waals surface area contributed by atoms with Gasteiger partial charge in [-0.05, 0) is 25.5 Å². The lowest BCUT2D eigenvalue weighted by molar-refractivity contribution is -0.140. The molecule has 4 rings (SSSR count). The van der Waals surface area contributed by atoms with Crippen LogP contribution in [0.4, 0.5) is 24.7 Å². The molecule has 3 N–H and O–H groups in total. The summed E-state index contributed by atoms with van der Waals surface area (Å²) in [5, 5.41) is 16.4. The lowest BCUT2D eigenvalue weighted by atomic mass is 10.1. The summed E-state index contributed by atoms with van der Waals surface area (Å²) >= 11 is 0. The summed E-state index contributed by atoms with van der Waals surface area (Å²) in [7, 11) is 1.35. The summed E-state index contributed by atoms with van der Waals surface area (Å²) in [6, 6.07) is 1.95. The molecule has 1 aliphatic rings. The maximum Gasteiger partial charge on any atom is 0.437 e. The van der Waals surface area contributed by atoms with Gasteiger partial charge in [0.2, 0.25) is 0 Å². The molecule has 1 saturated heterocycles. The molecule has 4 heterocycles. The second-order valence-electron chi connectivity index (χ2n) is 7.20. The minimum atomic E-state index is -4.69. The fourth-order valence-corrected chi connectivity index (χ4v) is 3.44. The monoisotopic (exact) mass is 458 g/mol. The van der Waals surface area contributed by atoms with E-state index in [0.29, 0.717) is 5.82 Å². The topological polar surface area (TPSA) is 101 Å². The maximum atomic E-state index is 13.1. The summed E-state index contributed by atoms with van der Waals surface area (Å²) < 4.78 is 41.8. The van der Waals surface area contributed by atoms with Crippen LogP contribution in [-0.4, -0.2) is 49.4 Å². The lowest BCUT2D eigenvalue weighted by Gasteiger charge is -2.17. The Morgan fingerprint density at radius 1 is 1.32 bits per heavy atom. The van der Waals surface area contributed by atoms with Gasteiger partial charge in [-0.25, -0.2) is 9.50 Å². The minimum Gasteiger partial charge on any atom is -0.366 e. The molecule has 0 aromatic carbocycles. The van der Waals surface area contributed by atoms with E-state index >= 15 is 0 Å². The fraction of sp³-hybridized carbons (Fsp3) is 0.444. The molecule has 0 saturated carbocycles. The van der Waals surface area contributed by atoms with E-state index in [0.717, 1.165) is 43.2 Å². The first-order valence-corrected chi connectivity index (χ1v) is 9.55. The van der Waals surface area contributed by atoms with Crippen LogP contribution in [0.25, 0.3) is 5.65 Å². The van der Waals surface area contributed by atoms with Crippen molar-refractivity contribution in [3.8, 4) is 0 Å². The number of hydrogen-bond donors (Lipinski definition) is 3. The SMILES string of the molecule is Cl.Cn1cc(NC(=O)c2cnn3ccc(NC4CCCCNC4)nc23)c(C(F)(F)F)n1. The Bertz CT molecular complexity index is 1060. The van der Waals surface area contributed by atoms with Gasteiger partial charge in [-0.15, -0.1) is 12.4 Å². The van der Waals surface area contributed by atoms with Crippen molar-refractivity contribution in [2.75, 3.05) is 23.7 Å². The van der Waals surface area contributed by atoms with Crippen LogP contribution in [0.1, 0.15) is 35.3 Å². The lowest BCUT2D eigenvalue weighted by Crippen LogP contribution is -2.31. The third-order valence-corrected chi connectivity index (χ3v) is 4.86. The number of carbonyl (C=O) groups is 1. The van der Waals surface area contributed by atoms with Gasteiger partial charge in [-0.3, -0.25) is 9.48 Å². The van der Waals surface area contributed by atoms with Gasteiger partial charge >= 0.3 is 6.18 Å². The van der Waals surface area contributed by atoms with Crippen LogP contribution in [-0.2, 0) is 13.2 Å². The van der Waals surface area contributed by atoms with E-state index in [2.05, 4.69) is 31.1 Å². The molecule has 0 bridgehead atoms. The normalized spacial score (nSPS) is 17.1. The number of rotatable bonds is 4. The van der Waals surface area contributed by atoms with Crippen LogP contribution < -0.4 is 16.0 Å². The van der Waals surface area contributed by atoms with Gasteiger partial charge < -0.3 is 16.0 Å². The first-order valence-electron chi connectivity index (χ1n) is 9.55. The first kappa shape index (κ1) is 22.8. The van der Waals surface area contributed by atoms with Crippen molar-refractivity contribution in [1.82, 2.24) is 29.7 Å². The molecule has 1 fully saturated rings. The predicted molar refractivity (Wildman–Crippen MR) is 111 cm³/mol. The quantitative estimate of drug-likeness (QED) is 0.555. The highest BCUT2D eigenvalue weighted by Gasteiger charge is 2.37. The van der Waals surface area contributed by atoms with E-state index in [4.69, 9.17) is 0 Å². The zero-order valence-electron chi connectivity index (χ0n) is 16.6. The molecule has 31 heavy (non-hydrogen) atoms. The molecule has 3 aromatic rings. The average Bonchev–Trinajstić information content (AvgIpc) is 3.17. The molecule has 13 heteroatoms. The molecule has 0 aliphatic carbocycles. The summed E-state index contributed by atoms with van der Waals surface area (Å²) in [6.45, 7) is 1.78. The molecule has 0 radical (unpaired) electrons. The van der Waals surface area contributed by atoms with Gasteiger partial charge in [0.1, 0.15) is 11.4 Å². The number of carbonyl (C=O) groups excluding carboxylic acids is 1. The molecule has 3 aromatic heterocycles. The smallest absolute Gasteiger partial charge is 0.366 e. The first-order chi connectivity index (χ1) is 14.3. The van der Waals surface area contributed by atoms with Crippen LogP contribution in [0.15, 0.2) is 24.7 Å². The Morgan fingerprint density at radius 3 is 2.90 bits per heavy atom. The van der Waals surface area contributed by atoms with Gasteiger partial charge in [0, 0.05) is 32.0 Å². The average molecular weight is 459 g/mol. The number of aromatic nitrogens is 5. The van der Waals surface area contributed by atoms with E-state index < -0.39 is 23.5 Å². The van der Waals surface area contributed by atoms with Crippen LogP contribution in [0, 0.1) is 0 Å². The third-order valence-electron chi connectivity index (χ3n) is 4.86. The maximum absolute atomic E-state index is 13.1.